The Morgan fingerprint density at radius 2 is 2.00 bits per heavy atom. The molecule has 114 valence electrons. The van der Waals surface area contributed by atoms with Gasteiger partial charge in [0.2, 0.25) is 10.0 Å². The molecule has 7 heteroatoms. The van der Waals surface area contributed by atoms with Crippen LogP contribution in [0.2, 0.25) is 0 Å². The van der Waals surface area contributed by atoms with Gasteiger partial charge in [-0.05, 0) is 45.1 Å². The van der Waals surface area contributed by atoms with Crippen molar-refractivity contribution in [3.8, 4) is 0 Å². The number of hydrogen-bond donors (Lipinski definition) is 1. The third-order valence-corrected chi connectivity index (χ3v) is 5.63. The molecular formula is C14H19N3O3S. The van der Waals surface area contributed by atoms with Crippen molar-refractivity contribution in [3.05, 3.63) is 23.5 Å². The van der Waals surface area contributed by atoms with Crippen LogP contribution in [0.1, 0.15) is 48.2 Å². The largest absolute Gasteiger partial charge is 0.333 e. The first-order chi connectivity index (χ1) is 9.83. The maximum Gasteiger partial charge on any atom is 0.256 e. The minimum absolute atomic E-state index is 0.00111. The molecule has 2 N–H and O–H groups in total. The molecule has 3 rings (SSSR count). The van der Waals surface area contributed by atoms with E-state index >= 15 is 0 Å². The molecule has 6 nitrogen and oxygen atoms in total. The van der Waals surface area contributed by atoms with Crippen molar-refractivity contribution in [1.82, 2.24) is 9.88 Å². The number of nitrogens with two attached hydrogens (primary N) is 1. The molecule has 1 aliphatic carbocycles. The quantitative estimate of drug-likeness (QED) is 0.888. The lowest BCUT2D eigenvalue weighted by Gasteiger charge is -2.46. The van der Waals surface area contributed by atoms with Crippen LogP contribution in [0, 0.1) is 6.92 Å². The minimum atomic E-state index is -3.85. The van der Waals surface area contributed by atoms with E-state index in [-0.39, 0.29) is 16.3 Å². The fraction of sp³-hybridized carbons (Fsp3) is 0.571. The number of carbonyl (C=O) groups is 1. The Hall–Kier alpha value is -1.47. The van der Waals surface area contributed by atoms with Crippen LogP contribution in [0.5, 0.6) is 0 Å². The number of rotatable bonds is 2. The second-order valence-corrected chi connectivity index (χ2v) is 7.55. The van der Waals surface area contributed by atoms with Crippen molar-refractivity contribution in [3.63, 3.8) is 0 Å². The summed E-state index contributed by atoms with van der Waals surface area (Å²) < 4.78 is 22.9. The fourth-order valence-electron chi connectivity index (χ4n) is 3.39. The van der Waals surface area contributed by atoms with Crippen LogP contribution in [-0.4, -0.2) is 36.3 Å². The van der Waals surface area contributed by atoms with Gasteiger partial charge in [0.15, 0.2) is 0 Å². The van der Waals surface area contributed by atoms with Gasteiger partial charge in [-0.2, -0.15) is 0 Å². The van der Waals surface area contributed by atoms with Crippen LogP contribution in [0.25, 0.3) is 0 Å². The molecule has 0 radical (unpaired) electrons. The van der Waals surface area contributed by atoms with Gasteiger partial charge in [0.25, 0.3) is 5.91 Å². The molecule has 2 fully saturated rings. The number of nitrogens with zero attached hydrogens (tertiary/aromatic N) is 2. The van der Waals surface area contributed by atoms with Gasteiger partial charge < -0.3 is 4.90 Å². The van der Waals surface area contributed by atoms with Gasteiger partial charge >= 0.3 is 0 Å². The standard InChI is InChI=1S/C14H19N3O3S/c1-10-12(8-11(9-16-10)21(15,19)20)13(18)17-7-3-6-14(17)4-2-5-14/h8-9H,2-7H2,1H3,(H2,15,19,20). The molecule has 2 heterocycles. The molecule has 1 aliphatic heterocycles. The van der Waals surface area contributed by atoms with Crippen LogP contribution in [-0.2, 0) is 10.0 Å². The van der Waals surface area contributed by atoms with E-state index in [0.29, 0.717) is 11.3 Å². The molecule has 1 spiro atoms. The van der Waals surface area contributed by atoms with E-state index in [2.05, 4.69) is 4.98 Å². The predicted octanol–water partition coefficient (Wildman–Crippen LogP) is 1.20. The van der Waals surface area contributed by atoms with Crippen molar-refractivity contribution in [2.75, 3.05) is 6.54 Å². The van der Waals surface area contributed by atoms with Gasteiger partial charge in [0.1, 0.15) is 4.90 Å². The highest BCUT2D eigenvalue weighted by Gasteiger charge is 2.48. The average molecular weight is 309 g/mol. The summed E-state index contributed by atoms with van der Waals surface area (Å²) in [5, 5.41) is 5.13. The number of aryl methyl sites for hydroxylation is 1. The summed E-state index contributed by atoms with van der Waals surface area (Å²) in [5.74, 6) is -0.122. The van der Waals surface area contributed by atoms with Gasteiger partial charge in [0.05, 0.1) is 11.3 Å². The number of aromatic nitrogens is 1. The Morgan fingerprint density at radius 1 is 1.33 bits per heavy atom. The van der Waals surface area contributed by atoms with E-state index in [9.17, 15) is 13.2 Å². The van der Waals surface area contributed by atoms with Gasteiger partial charge in [-0.1, -0.05) is 0 Å². The average Bonchev–Trinajstić information content (AvgIpc) is 2.81. The maximum atomic E-state index is 12.8. The Kier molecular flexibility index (Phi) is 3.29. The number of amides is 1. The molecule has 21 heavy (non-hydrogen) atoms. The lowest BCUT2D eigenvalue weighted by atomic mass is 9.74. The third kappa shape index (κ3) is 2.34. The minimum Gasteiger partial charge on any atom is -0.333 e. The van der Waals surface area contributed by atoms with Crippen LogP contribution >= 0.6 is 0 Å². The number of likely N-dealkylation sites (tertiary alicyclic amines) is 1. The van der Waals surface area contributed by atoms with Crippen molar-refractivity contribution in [2.24, 2.45) is 5.14 Å². The lowest BCUT2D eigenvalue weighted by molar-refractivity contribution is 0.0365. The molecular weight excluding hydrogens is 290 g/mol. The first-order valence-corrected chi connectivity index (χ1v) is 8.70. The number of carbonyl (C=O) groups excluding carboxylic acids is 1. The van der Waals surface area contributed by atoms with Crippen LogP contribution in [0.3, 0.4) is 0 Å². The highest BCUT2D eigenvalue weighted by Crippen LogP contribution is 2.46. The van der Waals surface area contributed by atoms with Crippen molar-refractivity contribution in [2.45, 2.75) is 49.5 Å². The van der Waals surface area contributed by atoms with Gasteiger partial charge in [0, 0.05) is 18.3 Å². The molecule has 1 saturated carbocycles. The molecule has 1 aromatic heterocycles. The first-order valence-electron chi connectivity index (χ1n) is 7.15. The summed E-state index contributed by atoms with van der Waals surface area (Å²) in [6, 6.07) is 1.35. The summed E-state index contributed by atoms with van der Waals surface area (Å²) >= 11 is 0. The van der Waals surface area contributed by atoms with E-state index in [1.165, 1.54) is 12.3 Å². The van der Waals surface area contributed by atoms with E-state index in [4.69, 9.17) is 5.14 Å². The fourth-order valence-corrected chi connectivity index (χ4v) is 3.87. The van der Waals surface area contributed by atoms with E-state index < -0.39 is 10.0 Å². The zero-order valence-electron chi connectivity index (χ0n) is 12.0. The number of sulfonamides is 1. The predicted molar refractivity (Wildman–Crippen MR) is 77.2 cm³/mol. The zero-order valence-corrected chi connectivity index (χ0v) is 12.8. The molecule has 0 unspecified atom stereocenters. The Labute approximate surface area is 124 Å². The Balaban J connectivity index is 1.98. The summed E-state index contributed by atoms with van der Waals surface area (Å²) in [7, 11) is -3.85. The highest BCUT2D eigenvalue weighted by atomic mass is 32.2. The number of hydrogen-bond acceptors (Lipinski definition) is 4. The van der Waals surface area contributed by atoms with Gasteiger partial charge in [-0.15, -0.1) is 0 Å². The number of pyridine rings is 1. The smallest absolute Gasteiger partial charge is 0.256 e. The lowest BCUT2D eigenvalue weighted by Crippen LogP contribution is -2.52. The van der Waals surface area contributed by atoms with Crippen LogP contribution < -0.4 is 5.14 Å². The SMILES string of the molecule is Cc1ncc(S(N)(=O)=O)cc1C(=O)N1CCCC12CCC2. The zero-order chi connectivity index (χ0) is 15.3. The maximum absolute atomic E-state index is 12.8. The second-order valence-electron chi connectivity index (χ2n) is 5.99. The van der Waals surface area contributed by atoms with Crippen molar-refractivity contribution < 1.29 is 13.2 Å². The monoisotopic (exact) mass is 309 g/mol. The topological polar surface area (TPSA) is 93.4 Å². The Morgan fingerprint density at radius 3 is 2.57 bits per heavy atom. The van der Waals surface area contributed by atoms with Crippen LogP contribution in [0.4, 0.5) is 0 Å². The second kappa shape index (κ2) is 4.78. The van der Waals surface area contributed by atoms with Crippen LogP contribution in [0.15, 0.2) is 17.2 Å². The normalized spacial score (nSPS) is 20.6. The summed E-state index contributed by atoms with van der Waals surface area (Å²) in [6.07, 6.45) is 6.48. The summed E-state index contributed by atoms with van der Waals surface area (Å²) in [5.41, 5.74) is 0.879. The molecule has 0 bridgehead atoms. The third-order valence-electron chi connectivity index (χ3n) is 4.75. The summed E-state index contributed by atoms with van der Waals surface area (Å²) in [6.45, 7) is 2.45. The molecule has 1 saturated heterocycles. The molecule has 0 atom stereocenters. The van der Waals surface area contributed by atoms with Gasteiger partial charge in [-0.25, -0.2) is 13.6 Å². The summed E-state index contributed by atoms with van der Waals surface area (Å²) in [4.78, 5) is 18.6. The molecule has 1 amide bonds. The molecule has 2 aliphatic rings. The highest BCUT2D eigenvalue weighted by molar-refractivity contribution is 7.89. The number of primary sulfonamides is 1. The Bertz CT molecular complexity index is 695. The first kappa shape index (κ1) is 14.5. The van der Waals surface area contributed by atoms with E-state index in [1.807, 2.05) is 4.90 Å². The molecule has 0 aromatic carbocycles. The van der Waals surface area contributed by atoms with Crippen molar-refractivity contribution in [1.29, 1.82) is 0 Å². The van der Waals surface area contributed by atoms with E-state index in [1.54, 1.807) is 6.92 Å². The van der Waals surface area contributed by atoms with Gasteiger partial charge in [-0.3, -0.25) is 9.78 Å². The van der Waals surface area contributed by atoms with Crippen molar-refractivity contribution >= 4 is 15.9 Å². The van der Waals surface area contributed by atoms with E-state index in [0.717, 1.165) is 38.6 Å². The molecule has 1 aromatic rings.